The van der Waals surface area contributed by atoms with E-state index in [9.17, 15) is 5.11 Å². The Morgan fingerprint density at radius 2 is 2.14 bits per heavy atom. The molecule has 0 radical (unpaired) electrons. The molecule has 1 aromatic rings. The molecule has 2 rings (SSSR count). The van der Waals surface area contributed by atoms with Crippen LogP contribution in [0.25, 0.3) is 0 Å². The van der Waals surface area contributed by atoms with Crippen molar-refractivity contribution < 1.29 is 5.11 Å². The first-order valence-electron chi connectivity index (χ1n) is 7.74. The van der Waals surface area contributed by atoms with Crippen LogP contribution < -0.4 is 10.2 Å². The lowest BCUT2D eigenvalue weighted by molar-refractivity contribution is 0.109. The molecular formula is C15H26N4OS. The highest BCUT2D eigenvalue weighted by Gasteiger charge is 2.23. The van der Waals surface area contributed by atoms with E-state index in [-0.39, 0.29) is 6.10 Å². The zero-order valence-electron chi connectivity index (χ0n) is 13.2. The number of hydrogen-bond acceptors (Lipinski definition) is 6. The predicted molar refractivity (Wildman–Crippen MR) is 89.2 cm³/mol. The summed E-state index contributed by atoms with van der Waals surface area (Å²) in [6, 6.07) is 2.04. The van der Waals surface area contributed by atoms with Gasteiger partial charge >= 0.3 is 0 Å². The second kappa shape index (κ2) is 7.84. The lowest BCUT2D eigenvalue weighted by atomic mass is 9.92. The summed E-state index contributed by atoms with van der Waals surface area (Å²) in [5, 5.41) is 13.9. The fourth-order valence-corrected chi connectivity index (χ4v) is 3.00. The van der Waals surface area contributed by atoms with Gasteiger partial charge in [-0.15, -0.1) is 0 Å². The van der Waals surface area contributed by atoms with Gasteiger partial charge in [-0.25, -0.2) is 9.97 Å². The summed E-state index contributed by atoms with van der Waals surface area (Å²) in [7, 11) is 0. The average molecular weight is 310 g/mol. The highest BCUT2D eigenvalue weighted by Crippen LogP contribution is 2.26. The topological polar surface area (TPSA) is 61.3 Å². The molecule has 1 aliphatic rings. The van der Waals surface area contributed by atoms with Crippen molar-refractivity contribution in [2.24, 2.45) is 5.92 Å². The van der Waals surface area contributed by atoms with Gasteiger partial charge in [-0.2, -0.15) is 0 Å². The van der Waals surface area contributed by atoms with Crippen LogP contribution in [0.4, 0.5) is 11.6 Å². The minimum atomic E-state index is -0.207. The van der Waals surface area contributed by atoms with E-state index in [1.54, 1.807) is 11.8 Å². The number of hydrogen-bond donors (Lipinski definition) is 2. The number of anilines is 2. The van der Waals surface area contributed by atoms with Crippen molar-refractivity contribution in [2.75, 3.05) is 36.1 Å². The van der Waals surface area contributed by atoms with Crippen LogP contribution in [0.2, 0.25) is 0 Å². The number of nitrogens with zero attached hydrogens (tertiary/aromatic N) is 3. The lowest BCUT2D eigenvalue weighted by Crippen LogP contribution is -2.37. The summed E-state index contributed by atoms with van der Waals surface area (Å²) in [6.07, 6.45) is 4.92. The molecular weight excluding hydrogens is 284 g/mol. The van der Waals surface area contributed by atoms with E-state index in [0.29, 0.717) is 5.92 Å². The standard InChI is InChI=1S/C15H26N4OS/c1-4-7-16-13-10-14(18-15(17-13)21-3)19-8-5-12(6-9-19)11(2)20/h10-12,20H,4-9H2,1-3H3,(H,16,17,18). The molecule has 1 fully saturated rings. The van der Waals surface area contributed by atoms with Gasteiger partial charge in [-0.05, 0) is 38.4 Å². The molecule has 5 nitrogen and oxygen atoms in total. The van der Waals surface area contributed by atoms with E-state index in [1.165, 1.54) is 0 Å². The molecule has 6 heteroatoms. The smallest absolute Gasteiger partial charge is 0.191 e. The Hall–Kier alpha value is -1.01. The van der Waals surface area contributed by atoms with Crippen LogP contribution in [-0.2, 0) is 0 Å². The monoisotopic (exact) mass is 310 g/mol. The number of thioether (sulfide) groups is 1. The lowest BCUT2D eigenvalue weighted by Gasteiger charge is -2.34. The third-order valence-corrected chi connectivity index (χ3v) is 4.52. The summed E-state index contributed by atoms with van der Waals surface area (Å²) in [4.78, 5) is 11.4. The zero-order valence-corrected chi connectivity index (χ0v) is 14.0. The number of aliphatic hydroxyl groups excluding tert-OH is 1. The van der Waals surface area contributed by atoms with Crippen LogP contribution >= 0.6 is 11.8 Å². The molecule has 0 saturated carbocycles. The number of nitrogens with one attached hydrogen (secondary N) is 1. The Balaban J connectivity index is 2.08. The van der Waals surface area contributed by atoms with Crippen LogP contribution in [0.3, 0.4) is 0 Å². The van der Waals surface area contributed by atoms with Gasteiger partial charge in [0.05, 0.1) is 6.10 Å². The first-order chi connectivity index (χ1) is 10.1. The van der Waals surface area contributed by atoms with Crippen LogP contribution in [0, 0.1) is 5.92 Å². The third kappa shape index (κ3) is 4.48. The van der Waals surface area contributed by atoms with Crippen molar-refractivity contribution >= 4 is 23.4 Å². The molecule has 21 heavy (non-hydrogen) atoms. The van der Waals surface area contributed by atoms with E-state index in [0.717, 1.165) is 55.7 Å². The molecule has 0 aromatic carbocycles. The fourth-order valence-electron chi connectivity index (χ4n) is 2.62. The minimum Gasteiger partial charge on any atom is -0.393 e. The van der Waals surface area contributed by atoms with Gasteiger partial charge in [0.2, 0.25) is 0 Å². The third-order valence-electron chi connectivity index (χ3n) is 3.98. The quantitative estimate of drug-likeness (QED) is 0.622. The first-order valence-corrected chi connectivity index (χ1v) is 8.96. The van der Waals surface area contributed by atoms with Gasteiger partial charge in [0.15, 0.2) is 5.16 Å². The first kappa shape index (κ1) is 16.4. The highest BCUT2D eigenvalue weighted by atomic mass is 32.2. The molecule has 1 saturated heterocycles. The summed E-state index contributed by atoms with van der Waals surface area (Å²) in [6.45, 7) is 6.87. The number of rotatable bonds is 6. The van der Waals surface area contributed by atoms with Crippen molar-refractivity contribution in [3.8, 4) is 0 Å². The van der Waals surface area contributed by atoms with Gasteiger partial charge < -0.3 is 15.3 Å². The Morgan fingerprint density at radius 1 is 1.43 bits per heavy atom. The molecule has 0 bridgehead atoms. The summed E-state index contributed by atoms with van der Waals surface area (Å²) >= 11 is 1.57. The second-order valence-corrected chi connectivity index (χ2v) is 6.36. The maximum absolute atomic E-state index is 9.70. The van der Waals surface area contributed by atoms with Crippen molar-refractivity contribution in [1.29, 1.82) is 0 Å². The van der Waals surface area contributed by atoms with Crippen molar-refractivity contribution in [2.45, 2.75) is 44.4 Å². The van der Waals surface area contributed by atoms with Crippen LogP contribution in [-0.4, -0.2) is 47.1 Å². The van der Waals surface area contributed by atoms with Crippen molar-refractivity contribution in [3.05, 3.63) is 6.07 Å². The number of piperidine rings is 1. The molecule has 2 N–H and O–H groups in total. The Labute approximate surface area is 131 Å². The van der Waals surface area contributed by atoms with Gasteiger partial charge in [0.1, 0.15) is 11.6 Å². The largest absolute Gasteiger partial charge is 0.393 e. The van der Waals surface area contributed by atoms with Gasteiger partial charge in [-0.1, -0.05) is 18.7 Å². The van der Waals surface area contributed by atoms with E-state index in [1.807, 2.05) is 19.2 Å². The predicted octanol–water partition coefficient (Wildman–Crippen LogP) is 2.62. The maximum atomic E-state index is 9.70. The van der Waals surface area contributed by atoms with E-state index in [4.69, 9.17) is 0 Å². The second-order valence-electron chi connectivity index (χ2n) is 5.59. The number of aliphatic hydroxyl groups is 1. The molecule has 1 unspecified atom stereocenters. The van der Waals surface area contributed by atoms with Crippen LogP contribution in [0.5, 0.6) is 0 Å². The normalized spacial score (nSPS) is 17.8. The van der Waals surface area contributed by atoms with Gasteiger partial charge in [-0.3, -0.25) is 0 Å². The molecule has 1 aliphatic heterocycles. The van der Waals surface area contributed by atoms with E-state index < -0.39 is 0 Å². The Kier molecular flexibility index (Phi) is 6.11. The summed E-state index contributed by atoms with van der Waals surface area (Å²) < 4.78 is 0. The molecule has 1 atom stereocenters. The molecule has 0 amide bonds. The minimum absolute atomic E-state index is 0.207. The molecule has 0 aliphatic carbocycles. The molecule has 118 valence electrons. The highest BCUT2D eigenvalue weighted by molar-refractivity contribution is 7.98. The average Bonchev–Trinajstić information content (AvgIpc) is 2.52. The fraction of sp³-hybridized carbons (Fsp3) is 0.733. The van der Waals surface area contributed by atoms with Crippen LogP contribution in [0.1, 0.15) is 33.1 Å². The van der Waals surface area contributed by atoms with Crippen molar-refractivity contribution in [3.63, 3.8) is 0 Å². The van der Waals surface area contributed by atoms with E-state index in [2.05, 4.69) is 27.1 Å². The Bertz CT molecular complexity index is 447. The van der Waals surface area contributed by atoms with E-state index >= 15 is 0 Å². The molecule has 1 aromatic heterocycles. The molecule has 2 heterocycles. The zero-order chi connectivity index (χ0) is 15.2. The van der Waals surface area contributed by atoms with Crippen molar-refractivity contribution in [1.82, 2.24) is 9.97 Å². The maximum Gasteiger partial charge on any atom is 0.191 e. The summed E-state index contributed by atoms with van der Waals surface area (Å²) in [5.41, 5.74) is 0. The SMILES string of the molecule is CCCNc1cc(N2CCC(C(C)O)CC2)nc(SC)n1. The number of aromatic nitrogens is 2. The molecule has 0 spiro atoms. The Morgan fingerprint density at radius 3 is 2.71 bits per heavy atom. The summed E-state index contributed by atoms with van der Waals surface area (Å²) in [5.74, 6) is 2.32. The van der Waals surface area contributed by atoms with Crippen LogP contribution in [0.15, 0.2) is 11.2 Å². The van der Waals surface area contributed by atoms with Gasteiger partial charge in [0, 0.05) is 25.7 Å². The van der Waals surface area contributed by atoms with Gasteiger partial charge in [0.25, 0.3) is 0 Å².